The first-order chi connectivity index (χ1) is 9.49. The van der Waals surface area contributed by atoms with E-state index in [-0.39, 0.29) is 19.3 Å². The fourth-order valence-electron chi connectivity index (χ4n) is 2.31. The fraction of sp³-hybridized carbons (Fsp3) is 0.462. The van der Waals surface area contributed by atoms with Gasteiger partial charge in [-0.25, -0.2) is 13.2 Å². The Morgan fingerprint density at radius 3 is 2.70 bits per heavy atom. The van der Waals surface area contributed by atoms with E-state index in [1.54, 1.807) is 0 Å². The van der Waals surface area contributed by atoms with Crippen molar-refractivity contribution in [2.45, 2.75) is 18.6 Å². The van der Waals surface area contributed by atoms with Crippen molar-refractivity contribution >= 4 is 5.91 Å². The molecular weight excluding hydrogens is 275 g/mol. The van der Waals surface area contributed by atoms with Crippen LogP contribution < -0.4 is 0 Å². The quantitative estimate of drug-likeness (QED) is 0.854. The Morgan fingerprint density at radius 1 is 1.40 bits per heavy atom. The maximum atomic E-state index is 13.6. The molecule has 110 valence electrons. The lowest BCUT2D eigenvalue weighted by atomic mass is 10.1. The van der Waals surface area contributed by atoms with Gasteiger partial charge in [0.05, 0.1) is 24.3 Å². The van der Waals surface area contributed by atoms with Crippen LogP contribution in [0.3, 0.4) is 0 Å². The van der Waals surface area contributed by atoms with E-state index in [9.17, 15) is 23.1 Å². The van der Waals surface area contributed by atoms with E-state index in [4.69, 9.17) is 4.74 Å². The molecule has 1 fully saturated rings. The zero-order valence-corrected chi connectivity index (χ0v) is 10.8. The van der Waals surface area contributed by atoms with Crippen LogP contribution in [-0.2, 0) is 4.74 Å². The van der Waals surface area contributed by atoms with E-state index in [1.165, 1.54) is 12.0 Å². The maximum absolute atomic E-state index is 13.6. The smallest absolute Gasteiger partial charge is 0.257 e. The van der Waals surface area contributed by atoms with Gasteiger partial charge in [-0.05, 0) is 18.6 Å². The summed E-state index contributed by atoms with van der Waals surface area (Å²) in [6.45, 7) is -0.143. The molecule has 0 spiro atoms. The van der Waals surface area contributed by atoms with Crippen molar-refractivity contribution < 1.29 is 27.8 Å². The summed E-state index contributed by atoms with van der Waals surface area (Å²) >= 11 is 0. The van der Waals surface area contributed by atoms with Gasteiger partial charge in [0.15, 0.2) is 17.5 Å². The summed E-state index contributed by atoms with van der Waals surface area (Å²) < 4.78 is 44.7. The van der Waals surface area contributed by atoms with E-state index < -0.39 is 35.0 Å². The summed E-state index contributed by atoms with van der Waals surface area (Å²) in [4.78, 5) is 13.4. The summed E-state index contributed by atoms with van der Waals surface area (Å²) in [7, 11) is 1.46. The molecule has 2 rings (SSSR count). The predicted octanol–water partition coefficient (Wildman–Crippen LogP) is 1.33. The molecule has 4 nitrogen and oxygen atoms in total. The first kappa shape index (κ1) is 14.8. The van der Waals surface area contributed by atoms with Crippen molar-refractivity contribution in [1.29, 1.82) is 0 Å². The molecule has 1 aromatic rings. The van der Waals surface area contributed by atoms with Crippen LogP contribution in [-0.4, -0.2) is 48.3 Å². The van der Waals surface area contributed by atoms with Crippen LogP contribution in [0.4, 0.5) is 13.2 Å². The average Bonchev–Trinajstić information content (AvgIpc) is 2.87. The topological polar surface area (TPSA) is 49.8 Å². The number of aliphatic hydroxyl groups is 1. The number of nitrogens with zero attached hydrogens (tertiary/aromatic N) is 1. The second-order valence-electron chi connectivity index (χ2n) is 4.61. The van der Waals surface area contributed by atoms with Gasteiger partial charge in [-0.1, -0.05) is 0 Å². The minimum absolute atomic E-state index is 0.166. The zero-order chi connectivity index (χ0) is 14.9. The highest BCUT2D eigenvalue weighted by atomic mass is 19.2. The minimum atomic E-state index is -1.68. The van der Waals surface area contributed by atoms with Gasteiger partial charge in [-0.2, -0.15) is 0 Å². The van der Waals surface area contributed by atoms with Crippen LogP contribution >= 0.6 is 0 Å². The number of hydrogen-bond acceptors (Lipinski definition) is 3. The number of methoxy groups -OCH3 is 1. The summed E-state index contributed by atoms with van der Waals surface area (Å²) in [5, 5.41) is 9.24. The van der Waals surface area contributed by atoms with Gasteiger partial charge in [-0.15, -0.1) is 0 Å². The first-order valence-corrected chi connectivity index (χ1v) is 6.07. The monoisotopic (exact) mass is 289 g/mol. The molecule has 1 aromatic carbocycles. The molecular formula is C13H14F3NO3. The Hall–Kier alpha value is -1.60. The predicted molar refractivity (Wildman–Crippen MR) is 63.6 cm³/mol. The summed E-state index contributed by atoms with van der Waals surface area (Å²) in [5.41, 5.74) is -0.556. The maximum Gasteiger partial charge on any atom is 0.257 e. The van der Waals surface area contributed by atoms with Crippen LogP contribution in [0.2, 0.25) is 0 Å². The van der Waals surface area contributed by atoms with Crippen molar-refractivity contribution in [3.05, 3.63) is 35.1 Å². The van der Waals surface area contributed by atoms with Crippen molar-refractivity contribution in [2.75, 3.05) is 20.3 Å². The third-order valence-corrected chi connectivity index (χ3v) is 3.45. The second-order valence-corrected chi connectivity index (χ2v) is 4.61. The standard InChI is InChI=1S/C13H14F3NO3/c1-20-8-4-7(6-18)17(5-8)13(19)9-2-3-10(14)12(16)11(9)15/h2-3,7-8,18H,4-6H2,1H3/t7-,8+/m0/s1. The number of carbonyl (C=O) groups excluding carboxylic acids is 1. The molecule has 1 saturated heterocycles. The molecule has 1 amide bonds. The SMILES string of the molecule is CO[C@@H]1C[C@@H](CO)N(C(=O)c2ccc(F)c(F)c2F)C1. The Bertz CT molecular complexity index is 524. The van der Waals surface area contributed by atoms with Crippen LogP contribution in [0, 0.1) is 17.5 Å². The van der Waals surface area contributed by atoms with Crippen LogP contribution in [0.5, 0.6) is 0 Å². The average molecular weight is 289 g/mol. The summed E-state index contributed by atoms with van der Waals surface area (Å²) in [5.74, 6) is -5.35. The van der Waals surface area contributed by atoms with E-state index in [0.29, 0.717) is 12.5 Å². The number of benzene rings is 1. The molecule has 1 heterocycles. The molecule has 1 aliphatic rings. The Labute approximate surface area is 113 Å². The summed E-state index contributed by atoms with van der Waals surface area (Å²) in [6, 6.07) is 1.06. The third-order valence-electron chi connectivity index (χ3n) is 3.45. The Balaban J connectivity index is 2.29. The highest BCUT2D eigenvalue weighted by Gasteiger charge is 2.36. The molecule has 0 radical (unpaired) electrons. The number of amides is 1. The number of aliphatic hydroxyl groups excluding tert-OH is 1. The van der Waals surface area contributed by atoms with Crippen LogP contribution in [0.1, 0.15) is 16.8 Å². The number of ether oxygens (including phenoxy) is 1. The molecule has 20 heavy (non-hydrogen) atoms. The highest BCUT2D eigenvalue weighted by Crippen LogP contribution is 2.24. The van der Waals surface area contributed by atoms with Gasteiger partial charge >= 0.3 is 0 Å². The van der Waals surface area contributed by atoms with Gasteiger partial charge in [0.1, 0.15) is 0 Å². The summed E-state index contributed by atoms with van der Waals surface area (Å²) in [6.07, 6.45) is 0.133. The molecule has 0 aliphatic carbocycles. The number of rotatable bonds is 3. The van der Waals surface area contributed by atoms with Gasteiger partial charge < -0.3 is 14.7 Å². The van der Waals surface area contributed by atoms with Gasteiger partial charge in [0.25, 0.3) is 5.91 Å². The van der Waals surface area contributed by atoms with Crippen LogP contribution in [0.25, 0.3) is 0 Å². The van der Waals surface area contributed by atoms with Crippen molar-refractivity contribution in [2.24, 2.45) is 0 Å². The zero-order valence-electron chi connectivity index (χ0n) is 10.8. The Kier molecular flexibility index (Phi) is 4.29. The fourth-order valence-corrected chi connectivity index (χ4v) is 2.31. The number of halogens is 3. The molecule has 0 bridgehead atoms. The lowest BCUT2D eigenvalue weighted by Crippen LogP contribution is -2.38. The van der Waals surface area contributed by atoms with Gasteiger partial charge in [0, 0.05) is 13.7 Å². The largest absolute Gasteiger partial charge is 0.394 e. The first-order valence-electron chi connectivity index (χ1n) is 6.07. The molecule has 1 N–H and O–H groups in total. The molecule has 0 aromatic heterocycles. The van der Waals surface area contributed by atoms with Gasteiger partial charge in [0.2, 0.25) is 0 Å². The molecule has 2 atom stereocenters. The lowest BCUT2D eigenvalue weighted by molar-refractivity contribution is 0.0642. The van der Waals surface area contributed by atoms with Crippen molar-refractivity contribution in [3.8, 4) is 0 Å². The van der Waals surface area contributed by atoms with E-state index in [0.717, 1.165) is 6.07 Å². The molecule has 0 saturated carbocycles. The number of hydrogen-bond donors (Lipinski definition) is 1. The minimum Gasteiger partial charge on any atom is -0.394 e. The van der Waals surface area contributed by atoms with E-state index >= 15 is 0 Å². The van der Waals surface area contributed by atoms with Crippen molar-refractivity contribution in [1.82, 2.24) is 4.90 Å². The number of carbonyl (C=O) groups is 1. The lowest BCUT2D eigenvalue weighted by Gasteiger charge is -2.23. The molecule has 7 heteroatoms. The molecule has 0 unspecified atom stereocenters. The third kappa shape index (κ3) is 2.51. The van der Waals surface area contributed by atoms with E-state index in [2.05, 4.69) is 0 Å². The van der Waals surface area contributed by atoms with E-state index in [1.807, 2.05) is 0 Å². The van der Waals surface area contributed by atoms with Crippen molar-refractivity contribution in [3.63, 3.8) is 0 Å². The molecule has 1 aliphatic heterocycles. The van der Waals surface area contributed by atoms with Crippen LogP contribution in [0.15, 0.2) is 12.1 Å². The second kappa shape index (κ2) is 5.80. The highest BCUT2D eigenvalue weighted by molar-refractivity contribution is 5.95. The normalized spacial score (nSPS) is 22.4. The Morgan fingerprint density at radius 2 is 2.10 bits per heavy atom. The van der Waals surface area contributed by atoms with Gasteiger partial charge in [-0.3, -0.25) is 4.79 Å². The number of likely N-dealkylation sites (tertiary alicyclic amines) is 1.